The van der Waals surface area contributed by atoms with Gasteiger partial charge >= 0.3 is 41.5 Å². The summed E-state index contributed by atoms with van der Waals surface area (Å²) in [5.74, 6) is 5.79. The topological polar surface area (TPSA) is 243 Å². The van der Waals surface area contributed by atoms with E-state index in [9.17, 15) is 24.0 Å². The second-order valence-corrected chi connectivity index (χ2v) is 24.7. The van der Waals surface area contributed by atoms with E-state index in [-0.39, 0.29) is 121 Å². The second kappa shape index (κ2) is 32.0. The predicted molar refractivity (Wildman–Crippen MR) is 322 cm³/mol. The number of carbonyl (C=O) groups is 4. The third kappa shape index (κ3) is 16.4. The van der Waals surface area contributed by atoms with Gasteiger partial charge in [0, 0.05) is 67.1 Å². The SMILES string of the molecule is CC(=O)[O-].CCOC(=O)CCC(=NOC)c1nc2ccccc2n(C2C[C@H]3CC[C@@H](C2)N3C2CC3CCCC(C3)C2)c1=O.CCOC(=O)CCC(=O)c1nc2ccccc2n(C2C[C@H]3CC[C@@H](C2)N3C2CC3CCCC(C3)C2)c1=O.CON.Cl.[Na+]. The zero-order chi connectivity index (χ0) is 58.7. The number of benzene rings is 2. The average molecular weight is 1210 g/mol. The Hall–Kier alpha value is -4.60. The van der Waals surface area contributed by atoms with Gasteiger partial charge in [0.2, 0.25) is 0 Å². The molecule has 0 spiro atoms. The molecule has 8 bridgehead atoms. The summed E-state index contributed by atoms with van der Waals surface area (Å²) in [4.78, 5) is 97.6. The smallest absolute Gasteiger partial charge is 0.550 e. The Morgan fingerprint density at radius 1 is 0.553 bits per heavy atom. The number of nitrogens with two attached hydrogens (primary N) is 1. The maximum Gasteiger partial charge on any atom is 1.00 e. The molecule has 2 N–H and O–H groups in total. The minimum absolute atomic E-state index is 0. The first-order chi connectivity index (χ1) is 40.2. The summed E-state index contributed by atoms with van der Waals surface area (Å²) < 4.78 is 13.9. The molecular weight excluding hydrogens is 1120 g/mol. The van der Waals surface area contributed by atoms with Crippen LogP contribution in [0.1, 0.15) is 203 Å². The molecule has 460 valence electrons. The Morgan fingerprint density at radius 2 is 0.918 bits per heavy atom. The van der Waals surface area contributed by atoms with Gasteiger partial charge in [0.15, 0.2) is 17.2 Å². The molecule has 8 fully saturated rings. The molecule has 4 aromatic rings. The van der Waals surface area contributed by atoms with Crippen molar-refractivity contribution in [3.05, 3.63) is 80.6 Å². The van der Waals surface area contributed by atoms with Gasteiger partial charge in [0.05, 0.1) is 55.2 Å². The Balaban J connectivity index is 0.000000215. The molecule has 85 heavy (non-hydrogen) atoms. The van der Waals surface area contributed by atoms with Crippen LogP contribution in [0.4, 0.5) is 0 Å². The summed E-state index contributed by atoms with van der Waals surface area (Å²) in [5.41, 5.74) is 3.28. The fourth-order valence-electron chi connectivity index (χ4n) is 16.6. The van der Waals surface area contributed by atoms with Crippen LogP contribution in [-0.4, -0.2) is 122 Å². The van der Waals surface area contributed by atoms with Crippen LogP contribution in [-0.2, 0) is 33.5 Å². The van der Waals surface area contributed by atoms with Gasteiger partial charge in [-0.05, 0) is 159 Å². The first kappa shape index (κ1) is 67.9. The number of ketones is 1. The molecule has 4 saturated carbocycles. The normalized spacial score (nSPS) is 28.3. The fraction of sp³-hybridized carbons (Fsp3) is 0.672. The van der Waals surface area contributed by atoms with Gasteiger partial charge in [-0.3, -0.25) is 33.8 Å². The first-order valence-electron chi connectivity index (χ1n) is 31.1. The third-order valence-electron chi connectivity index (χ3n) is 19.4. The van der Waals surface area contributed by atoms with Gasteiger partial charge in [0.1, 0.15) is 12.8 Å². The van der Waals surface area contributed by atoms with E-state index in [0.29, 0.717) is 48.0 Å². The van der Waals surface area contributed by atoms with Crippen LogP contribution in [0.2, 0.25) is 0 Å². The van der Waals surface area contributed by atoms with E-state index in [1.165, 1.54) is 117 Å². The van der Waals surface area contributed by atoms with Gasteiger partial charge < -0.3 is 38.2 Å². The molecule has 4 aliphatic carbocycles. The summed E-state index contributed by atoms with van der Waals surface area (Å²) in [6.45, 7) is 5.09. The molecule has 2 aromatic carbocycles. The number of para-hydroxylation sites is 4. The molecule has 6 unspecified atom stereocenters. The minimum Gasteiger partial charge on any atom is -0.550 e. The predicted octanol–water partition coefficient (Wildman–Crippen LogP) is 5.97. The number of carboxylic acid groups (broad SMARTS) is 1. The molecule has 4 saturated heterocycles. The van der Waals surface area contributed by atoms with Crippen molar-refractivity contribution >= 4 is 63.9 Å². The largest absolute Gasteiger partial charge is 1.00 e. The summed E-state index contributed by atoms with van der Waals surface area (Å²) in [6.07, 6.45) is 25.8. The monoisotopic (exact) mass is 1200 g/mol. The van der Waals surface area contributed by atoms with E-state index >= 15 is 0 Å². The van der Waals surface area contributed by atoms with Crippen LogP contribution >= 0.6 is 12.4 Å². The van der Waals surface area contributed by atoms with Crippen molar-refractivity contribution in [2.45, 2.75) is 223 Å². The van der Waals surface area contributed by atoms with Crippen molar-refractivity contribution in [1.82, 2.24) is 28.9 Å². The number of oxime groups is 1. The quantitative estimate of drug-likeness (QED) is 0.0474. The number of aliphatic carboxylic acids is 1. The maximum atomic E-state index is 14.2. The Kier molecular flexibility index (Phi) is 25.6. The number of hydrogen-bond donors (Lipinski definition) is 1. The number of aromatic nitrogens is 4. The standard InChI is InChI=1S/C31H42N4O4.C30H39N3O4.C2H4O2.CH5NO.ClH.Na/c1-3-39-29(36)14-13-27(33-38-2)30-31(37)35(28-10-5-4-9-26(28)32-30)25-18-22-11-12-23(19-25)34(22)24-16-20-7-6-8-21(15-20)17-24;1-2-37-28(35)13-12-27(34)29-30(36)33(26-9-4-3-8-25(26)31-29)24-17-21-10-11-22(18-24)32(21)23-15-19-6-5-7-20(14-19)16-23;1-2(3)4;1-3-2;;/h4-5,9-10,20-25H,3,6-8,11-19H2,1-2H3;3-4,8-9,19-24H,2,5-7,10-18H2,1H3;1H3,(H,3,4);2H2,1H3;1H;/q;;;;;+1/p-1/t20?,21?,22-,23+,24?,25?;19?,20?,21-,22+,23?,24?;;;;. The average Bonchev–Trinajstić information content (AvgIpc) is 2.86. The molecular formula is C64H90ClN8NaO11. The number of ether oxygens (including phenoxy) is 2. The molecule has 6 heterocycles. The number of halogens is 1. The first-order valence-corrected chi connectivity index (χ1v) is 31.1. The Morgan fingerprint density at radius 3 is 1.31 bits per heavy atom. The number of hydrogen-bond acceptors (Lipinski definition) is 17. The maximum absolute atomic E-state index is 14.2. The van der Waals surface area contributed by atoms with Crippen LogP contribution in [0.3, 0.4) is 0 Å². The number of Topliss-reactive ketones (excluding diaryl/α,β-unsaturated/α-hetero) is 1. The summed E-state index contributed by atoms with van der Waals surface area (Å²) >= 11 is 0. The molecule has 4 aliphatic heterocycles. The zero-order valence-corrected chi connectivity index (χ0v) is 53.9. The molecule has 0 radical (unpaired) electrons. The molecule has 12 rings (SSSR count). The Labute approximate surface area is 528 Å². The van der Waals surface area contributed by atoms with Crippen LogP contribution < -0.4 is 51.7 Å². The van der Waals surface area contributed by atoms with Gasteiger partial charge in [-0.2, -0.15) is 0 Å². The van der Waals surface area contributed by atoms with Crippen molar-refractivity contribution < 1.29 is 73.0 Å². The number of carboxylic acids is 1. The van der Waals surface area contributed by atoms with Crippen molar-refractivity contribution in [3.63, 3.8) is 0 Å². The molecule has 2 aromatic heterocycles. The fourth-order valence-corrected chi connectivity index (χ4v) is 16.6. The van der Waals surface area contributed by atoms with Crippen molar-refractivity contribution in [2.75, 3.05) is 27.4 Å². The second-order valence-electron chi connectivity index (χ2n) is 24.7. The van der Waals surface area contributed by atoms with Crippen LogP contribution in [0.15, 0.2) is 63.3 Å². The van der Waals surface area contributed by atoms with E-state index in [1.54, 1.807) is 13.8 Å². The van der Waals surface area contributed by atoms with E-state index in [2.05, 4.69) is 30.7 Å². The molecule has 21 heteroatoms. The molecule has 19 nitrogen and oxygen atoms in total. The summed E-state index contributed by atoms with van der Waals surface area (Å²) in [7, 11) is 2.86. The molecule has 0 amide bonds. The minimum atomic E-state index is -1.08. The number of fused-ring (bicyclic) bond motifs is 10. The molecule has 10 atom stereocenters. The van der Waals surface area contributed by atoms with Gasteiger partial charge in [-0.25, -0.2) is 15.9 Å². The van der Waals surface area contributed by atoms with Crippen molar-refractivity contribution in [1.29, 1.82) is 0 Å². The van der Waals surface area contributed by atoms with E-state index in [0.717, 1.165) is 78.9 Å². The van der Waals surface area contributed by atoms with Crippen LogP contribution in [0.5, 0.6) is 0 Å². The van der Waals surface area contributed by atoms with E-state index in [1.807, 2.05) is 57.7 Å². The number of esters is 2. The van der Waals surface area contributed by atoms with Gasteiger partial charge in [-0.15, -0.1) is 12.4 Å². The number of nitrogens with zero attached hydrogens (tertiary/aromatic N) is 7. The van der Waals surface area contributed by atoms with E-state index < -0.39 is 11.9 Å². The number of carbonyl (C=O) groups excluding carboxylic acids is 4. The van der Waals surface area contributed by atoms with E-state index in [4.69, 9.17) is 29.2 Å². The van der Waals surface area contributed by atoms with Crippen LogP contribution in [0.25, 0.3) is 22.1 Å². The number of rotatable bonds is 15. The Bertz CT molecular complexity index is 3010. The van der Waals surface area contributed by atoms with Gasteiger partial charge in [0.25, 0.3) is 11.1 Å². The van der Waals surface area contributed by atoms with Crippen molar-refractivity contribution in [2.24, 2.45) is 34.7 Å². The third-order valence-corrected chi connectivity index (χ3v) is 19.4. The molecule has 8 aliphatic rings. The van der Waals surface area contributed by atoms with Crippen LogP contribution in [0, 0.1) is 23.7 Å². The number of piperidine rings is 2. The summed E-state index contributed by atoms with van der Waals surface area (Å²) in [5, 5.41) is 13.0. The van der Waals surface area contributed by atoms with Crippen molar-refractivity contribution in [3.8, 4) is 0 Å². The van der Waals surface area contributed by atoms with Gasteiger partial charge in [-0.1, -0.05) is 67.9 Å². The zero-order valence-electron chi connectivity index (χ0n) is 51.0. The summed E-state index contributed by atoms with van der Waals surface area (Å²) in [6, 6.07) is 19.2.